The Morgan fingerprint density at radius 2 is 2.04 bits per heavy atom. The van der Waals surface area contributed by atoms with E-state index in [1.165, 1.54) is 11.8 Å². The average molecular weight is 374 g/mol. The molecular weight excluding hydrogens is 356 g/mol. The zero-order chi connectivity index (χ0) is 17.4. The van der Waals surface area contributed by atoms with Gasteiger partial charge in [0.25, 0.3) is 5.91 Å². The van der Waals surface area contributed by atoms with Crippen LogP contribution in [0, 0.1) is 0 Å². The molecule has 0 aliphatic carbocycles. The van der Waals surface area contributed by atoms with Crippen molar-refractivity contribution in [3.05, 3.63) is 46.4 Å². The second-order valence-electron chi connectivity index (χ2n) is 6.00. The number of nitrogens with zero attached hydrogens (tertiary/aromatic N) is 2. The summed E-state index contributed by atoms with van der Waals surface area (Å²) >= 11 is 6.77. The Labute approximate surface area is 156 Å². The van der Waals surface area contributed by atoms with Gasteiger partial charge < -0.3 is 9.47 Å². The standard InChI is InChI=1S/C18H18N2O3S2/c1-12-14(10-13-4-2-3-5-15(13)23-12)11-16-17(21)20(18(24)25-16)19-6-8-22-9-7-19/h2-5,10-12H,6-9H2,1H3/b16-11+/t12-/m1/s1. The Hall–Kier alpha value is -1.67. The van der Waals surface area contributed by atoms with Crippen molar-refractivity contribution in [3.8, 4) is 5.75 Å². The van der Waals surface area contributed by atoms with E-state index in [1.54, 1.807) is 5.01 Å². The number of morpholine rings is 1. The summed E-state index contributed by atoms with van der Waals surface area (Å²) in [6, 6.07) is 7.90. The third kappa shape index (κ3) is 3.25. The van der Waals surface area contributed by atoms with E-state index in [1.807, 2.05) is 42.3 Å². The highest BCUT2D eigenvalue weighted by Gasteiger charge is 2.37. The number of benzene rings is 1. The number of ether oxygens (including phenoxy) is 2. The van der Waals surface area contributed by atoms with Gasteiger partial charge in [-0.3, -0.25) is 4.79 Å². The van der Waals surface area contributed by atoms with Gasteiger partial charge in [0.2, 0.25) is 0 Å². The molecule has 130 valence electrons. The van der Waals surface area contributed by atoms with Gasteiger partial charge in [-0.15, -0.1) is 0 Å². The van der Waals surface area contributed by atoms with Crippen LogP contribution >= 0.6 is 24.0 Å². The van der Waals surface area contributed by atoms with Crippen LogP contribution in [0.3, 0.4) is 0 Å². The molecule has 0 bridgehead atoms. The first-order chi connectivity index (χ1) is 12.1. The summed E-state index contributed by atoms with van der Waals surface area (Å²) in [5.74, 6) is 0.803. The maximum absolute atomic E-state index is 12.8. The van der Waals surface area contributed by atoms with Crippen molar-refractivity contribution in [3.63, 3.8) is 0 Å². The predicted octanol–water partition coefficient (Wildman–Crippen LogP) is 2.84. The molecule has 4 rings (SSSR count). The topological polar surface area (TPSA) is 42.0 Å². The van der Waals surface area contributed by atoms with Crippen LogP contribution in [0.5, 0.6) is 5.75 Å². The molecule has 0 aromatic heterocycles. The number of thiocarbonyl (C=S) groups is 1. The van der Waals surface area contributed by atoms with Crippen molar-refractivity contribution >= 4 is 40.3 Å². The lowest BCUT2D eigenvalue weighted by Crippen LogP contribution is -2.50. The molecule has 2 fully saturated rings. The van der Waals surface area contributed by atoms with E-state index in [9.17, 15) is 4.79 Å². The van der Waals surface area contributed by atoms with Gasteiger partial charge in [-0.1, -0.05) is 42.2 Å². The molecule has 2 saturated heterocycles. The number of para-hydroxylation sites is 1. The molecule has 0 radical (unpaired) electrons. The van der Waals surface area contributed by atoms with E-state index in [0.29, 0.717) is 35.5 Å². The Bertz CT molecular complexity index is 784. The number of carbonyl (C=O) groups excluding carboxylic acids is 1. The van der Waals surface area contributed by atoms with Crippen LogP contribution < -0.4 is 4.74 Å². The van der Waals surface area contributed by atoms with Crippen LogP contribution in [0.25, 0.3) is 6.08 Å². The number of fused-ring (bicyclic) bond motifs is 1. The van der Waals surface area contributed by atoms with Crippen LogP contribution in [0.4, 0.5) is 0 Å². The molecule has 0 saturated carbocycles. The smallest absolute Gasteiger partial charge is 0.280 e. The second-order valence-corrected chi connectivity index (χ2v) is 7.68. The molecule has 0 N–H and O–H groups in total. The minimum Gasteiger partial charge on any atom is -0.485 e. The highest BCUT2D eigenvalue weighted by atomic mass is 32.2. The van der Waals surface area contributed by atoms with Gasteiger partial charge in [0.05, 0.1) is 18.1 Å². The number of amides is 1. The minimum absolute atomic E-state index is 0.0659. The summed E-state index contributed by atoms with van der Waals surface area (Å²) in [6.45, 7) is 4.57. The van der Waals surface area contributed by atoms with Crippen LogP contribution in [0.2, 0.25) is 0 Å². The van der Waals surface area contributed by atoms with Crippen molar-refractivity contribution in [1.82, 2.24) is 10.0 Å². The van der Waals surface area contributed by atoms with Gasteiger partial charge >= 0.3 is 0 Å². The van der Waals surface area contributed by atoms with Crippen LogP contribution in [0.1, 0.15) is 12.5 Å². The summed E-state index contributed by atoms with van der Waals surface area (Å²) in [5.41, 5.74) is 2.00. The molecule has 1 aromatic carbocycles. The third-order valence-corrected chi connectivity index (χ3v) is 5.64. The first-order valence-corrected chi connectivity index (χ1v) is 9.44. The molecule has 0 spiro atoms. The molecule has 1 amide bonds. The van der Waals surface area contributed by atoms with Crippen LogP contribution in [-0.2, 0) is 9.53 Å². The summed E-state index contributed by atoms with van der Waals surface area (Å²) in [7, 11) is 0. The van der Waals surface area contributed by atoms with E-state index in [0.717, 1.165) is 16.9 Å². The molecule has 7 heteroatoms. The number of hydrogen-bond acceptors (Lipinski definition) is 6. The summed E-state index contributed by atoms with van der Waals surface area (Å²) < 4.78 is 11.9. The molecule has 5 nitrogen and oxygen atoms in total. The summed E-state index contributed by atoms with van der Waals surface area (Å²) in [6.07, 6.45) is 3.87. The van der Waals surface area contributed by atoms with Crippen LogP contribution in [-0.4, -0.2) is 52.7 Å². The van der Waals surface area contributed by atoms with Gasteiger partial charge in [-0.05, 0) is 30.7 Å². The van der Waals surface area contributed by atoms with Gasteiger partial charge in [-0.2, -0.15) is 0 Å². The first-order valence-electron chi connectivity index (χ1n) is 8.21. The molecule has 1 atom stereocenters. The van der Waals surface area contributed by atoms with E-state index < -0.39 is 0 Å². The molecule has 25 heavy (non-hydrogen) atoms. The Kier molecular flexibility index (Phi) is 4.64. The van der Waals surface area contributed by atoms with E-state index in [-0.39, 0.29) is 12.0 Å². The van der Waals surface area contributed by atoms with Gasteiger partial charge in [-0.25, -0.2) is 10.0 Å². The number of thioether (sulfide) groups is 1. The number of carbonyl (C=O) groups is 1. The number of hydrogen-bond donors (Lipinski definition) is 0. The Morgan fingerprint density at radius 1 is 1.28 bits per heavy atom. The van der Waals surface area contributed by atoms with Crippen molar-refractivity contribution < 1.29 is 14.3 Å². The molecule has 1 aromatic rings. The predicted molar refractivity (Wildman–Crippen MR) is 102 cm³/mol. The zero-order valence-electron chi connectivity index (χ0n) is 13.8. The Morgan fingerprint density at radius 3 is 2.84 bits per heavy atom. The second kappa shape index (κ2) is 6.92. The van der Waals surface area contributed by atoms with Gasteiger partial charge in [0.1, 0.15) is 11.9 Å². The van der Waals surface area contributed by atoms with Crippen molar-refractivity contribution in [2.75, 3.05) is 26.3 Å². The maximum Gasteiger partial charge on any atom is 0.280 e. The largest absolute Gasteiger partial charge is 0.485 e. The molecule has 3 aliphatic heterocycles. The average Bonchev–Trinajstić information content (AvgIpc) is 2.90. The molecule has 0 unspecified atom stereocenters. The van der Waals surface area contributed by atoms with Gasteiger partial charge in [0.15, 0.2) is 4.32 Å². The minimum atomic E-state index is -0.109. The summed E-state index contributed by atoms with van der Waals surface area (Å²) in [4.78, 5) is 13.5. The SMILES string of the molecule is C[C@H]1Oc2ccccc2C=C1/C=C1/SC(=S)N(N2CCOCC2)C1=O. The maximum atomic E-state index is 12.8. The molecule has 3 aliphatic rings. The molecule has 3 heterocycles. The van der Waals surface area contributed by atoms with E-state index in [4.69, 9.17) is 21.7 Å². The highest BCUT2D eigenvalue weighted by Crippen LogP contribution is 2.36. The van der Waals surface area contributed by atoms with Crippen LogP contribution in [0.15, 0.2) is 40.8 Å². The third-order valence-electron chi connectivity index (χ3n) is 4.36. The fraction of sp³-hybridized carbons (Fsp3) is 0.333. The lowest BCUT2D eigenvalue weighted by Gasteiger charge is -2.33. The lowest BCUT2D eigenvalue weighted by molar-refractivity contribution is -0.138. The van der Waals surface area contributed by atoms with Crippen molar-refractivity contribution in [2.45, 2.75) is 13.0 Å². The first kappa shape index (κ1) is 16.8. The van der Waals surface area contributed by atoms with E-state index in [2.05, 4.69) is 6.08 Å². The van der Waals surface area contributed by atoms with Gasteiger partial charge in [0, 0.05) is 18.7 Å². The number of hydrazine groups is 1. The highest BCUT2D eigenvalue weighted by molar-refractivity contribution is 8.26. The van der Waals surface area contributed by atoms with E-state index >= 15 is 0 Å². The quantitative estimate of drug-likeness (QED) is 0.586. The van der Waals surface area contributed by atoms with Crippen molar-refractivity contribution in [1.29, 1.82) is 0 Å². The normalized spacial score (nSPS) is 25.8. The Balaban J connectivity index is 1.60. The number of rotatable bonds is 2. The lowest BCUT2D eigenvalue weighted by atomic mass is 10.0. The van der Waals surface area contributed by atoms with Crippen molar-refractivity contribution in [2.24, 2.45) is 0 Å². The fourth-order valence-electron chi connectivity index (χ4n) is 3.03. The summed E-state index contributed by atoms with van der Waals surface area (Å²) in [5, 5.41) is 3.57. The zero-order valence-corrected chi connectivity index (χ0v) is 15.4. The molecular formula is C18H18N2O3S2. The monoisotopic (exact) mass is 374 g/mol. The fourth-order valence-corrected chi connectivity index (χ4v) is 4.34.